The molecular formula is C33H40NO7P. The molecule has 3 aromatic rings. The van der Waals surface area contributed by atoms with Crippen LogP contribution in [0.2, 0.25) is 0 Å². The second-order valence-corrected chi connectivity index (χ2v) is 14.5. The molecule has 1 aliphatic carbocycles. The molecule has 0 radical (unpaired) electrons. The molecule has 1 atom stereocenters. The minimum absolute atomic E-state index is 0.0501. The predicted octanol–water partition coefficient (Wildman–Crippen LogP) is 7.54. The number of nitrogens with one attached hydrogen (secondary N) is 1. The highest BCUT2D eigenvalue weighted by molar-refractivity contribution is 7.53. The third kappa shape index (κ3) is 8.31. The number of carbonyl (C=O) groups is 2. The van der Waals surface area contributed by atoms with Crippen molar-refractivity contribution in [1.82, 2.24) is 5.32 Å². The van der Waals surface area contributed by atoms with Crippen LogP contribution >= 0.6 is 7.60 Å². The van der Waals surface area contributed by atoms with Crippen molar-refractivity contribution in [3.8, 4) is 11.1 Å². The molecule has 0 bridgehead atoms. The van der Waals surface area contributed by atoms with E-state index in [1.54, 1.807) is 24.3 Å². The number of hydrogen-bond acceptors (Lipinski definition) is 6. The van der Waals surface area contributed by atoms with Gasteiger partial charge >= 0.3 is 19.7 Å². The molecule has 9 heteroatoms. The Kier molecular flexibility index (Phi) is 9.31. The minimum Gasteiger partial charge on any atom is -0.480 e. The highest BCUT2D eigenvalue weighted by Gasteiger charge is 2.35. The largest absolute Gasteiger partial charge is 0.480 e. The molecule has 0 fully saturated rings. The minimum atomic E-state index is -3.49. The number of aliphatic carboxylic acids is 1. The summed E-state index contributed by atoms with van der Waals surface area (Å²) in [4.78, 5) is 24.7. The van der Waals surface area contributed by atoms with Crippen LogP contribution in [0, 0.1) is 0 Å². The molecule has 0 spiro atoms. The highest BCUT2D eigenvalue weighted by Crippen LogP contribution is 2.57. The van der Waals surface area contributed by atoms with Gasteiger partial charge in [-0.1, -0.05) is 72.8 Å². The van der Waals surface area contributed by atoms with Crippen LogP contribution in [-0.4, -0.2) is 41.0 Å². The second-order valence-electron chi connectivity index (χ2n) is 12.6. The lowest BCUT2D eigenvalue weighted by Gasteiger charge is -2.32. The van der Waals surface area contributed by atoms with Gasteiger partial charge in [-0.2, -0.15) is 0 Å². The molecule has 0 aliphatic heterocycles. The average Bonchev–Trinajstić information content (AvgIpc) is 3.19. The molecule has 42 heavy (non-hydrogen) atoms. The zero-order chi connectivity index (χ0) is 30.7. The van der Waals surface area contributed by atoms with E-state index < -0.39 is 36.9 Å². The highest BCUT2D eigenvalue weighted by atomic mass is 31.2. The Balaban J connectivity index is 1.38. The van der Waals surface area contributed by atoms with Crippen LogP contribution in [0.3, 0.4) is 0 Å². The van der Waals surface area contributed by atoms with Gasteiger partial charge in [-0.25, -0.2) is 9.59 Å². The first-order chi connectivity index (χ1) is 19.6. The summed E-state index contributed by atoms with van der Waals surface area (Å²) in [6, 6.07) is 21.9. The number of carboxylic acids is 1. The summed E-state index contributed by atoms with van der Waals surface area (Å²) < 4.78 is 30.9. The van der Waals surface area contributed by atoms with Crippen LogP contribution in [0.1, 0.15) is 69.7 Å². The molecule has 1 amide bonds. The summed E-state index contributed by atoms with van der Waals surface area (Å²) in [5, 5.41) is 12.3. The molecule has 0 aromatic heterocycles. The van der Waals surface area contributed by atoms with Gasteiger partial charge in [0.25, 0.3) is 0 Å². The van der Waals surface area contributed by atoms with Crippen molar-refractivity contribution >= 4 is 19.7 Å². The lowest BCUT2D eigenvalue weighted by molar-refractivity contribution is -0.139. The van der Waals surface area contributed by atoms with Crippen LogP contribution in [0.4, 0.5) is 4.79 Å². The first-order valence-corrected chi connectivity index (χ1v) is 15.8. The fourth-order valence-electron chi connectivity index (χ4n) is 5.14. The number of amides is 1. The van der Waals surface area contributed by atoms with Crippen molar-refractivity contribution in [1.29, 1.82) is 0 Å². The normalized spacial score (nSPS) is 14.1. The summed E-state index contributed by atoms with van der Waals surface area (Å²) in [6.07, 6.45) is -0.670. The Morgan fingerprint density at radius 2 is 1.29 bits per heavy atom. The van der Waals surface area contributed by atoms with E-state index in [1.165, 1.54) is 0 Å². The van der Waals surface area contributed by atoms with Gasteiger partial charge in [0.1, 0.15) is 12.6 Å². The van der Waals surface area contributed by atoms with Crippen LogP contribution in [-0.2, 0) is 35.7 Å². The third-order valence-electron chi connectivity index (χ3n) is 6.60. The summed E-state index contributed by atoms with van der Waals surface area (Å²) >= 11 is 0. The van der Waals surface area contributed by atoms with Gasteiger partial charge in [-0.3, -0.25) is 4.57 Å². The van der Waals surface area contributed by atoms with Crippen molar-refractivity contribution < 1.29 is 33.0 Å². The number of hydrogen-bond donors (Lipinski definition) is 2. The van der Waals surface area contributed by atoms with Gasteiger partial charge in [0.2, 0.25) is 0 Å². The topological polar surface area (TPSA) is 111 Å². The van der Waals surface area contributed by atoms with Crippen LogP contribution in [0.15, 0.2) is 72.8 Å². The van der Waals surface area contributed by atoms with E-state index in [1.807, 2.05) is 90.1 Å². The van der Waals surface area contributed by atoms with Crippen molar-refractivity contribution in [2.75, 3.05) is 6.61 Å². The van der Waals surface area contributed by atoms with Gasteiger partial charge in [0.15, 0.2) is 0 Å². The van der Waals surface area contributed by atoms with E-state index in [4.69, 9.17) is 13.8 Å². The Morgan fingerprint density at radius 3 is 1.76 bits per heavy atom. The Bertz CT molecular complexity index is 1410. The fraction of sp³-hybridized carbons (Fsp3) is 0.394. The Morgan fingerprint density at radius 1 is 0.810 bits per heavy atom. The second kappa shape index (κ2) is 12.4. The number of fused-ring (bicyclic) bond motifs is 3. The first-order valence-electron chi connectivity index (χ1n) is 14.1. The molecule has 2 N–H and O–H groups in total. The Labute approximate surface area is 247 Å². The van der Waals surface area contributed by atoms with E-state index in [0.29, 0.717) is 5.56 Å². The molecule has 0 saturated heterocycles. The number of ether oxygens (including phenoxy) is 1. The van der Waals surface area contributed by atoms with Crippen molar-refractivity contribution in [3.05, 3.63) is 95.1 Å². The SMILES string of the molecule is CC(C)(C)OP(=O)(Cc1ccc(C[C@@H](NC(=O)OCC2c3ccccc3-c3ccccc32)C(=O)O)cc1)OC(C)(C)C. The van der Waals surface area contributed by atoms with E-state index in [0.717, 1.165) is 27.8 Å². The number of carbonyl (C=O) groups excluding carboxylic acids is 1. The van der Waals surface area contributed by atoms with Gasteiger partial charge in [0.05, 0.1) is 17.4 Å². The maximum absolute atomic E-state index is 13.6. The van der Waals surface area contributed by atoms with Crippen LogP contribution in [0.5, 0.6) is 0 Å². The number of carboxylic acid groups (broad SMARTS) is 1. The maximum atomic E-state index is 13.6. The van der Waals surface area contributed by atoms with E-state index >= 15 is 0 Å². The molecule has 8 nitrogen and oxygen atoms in total. The first kappa shape index (κ1) is 31.5. The summed E-state index contributed by atoms with van der Waals surface area (Å²) in [7, 11) is -3.49. The van der Waals surface area contributed by atoms with Crippen molar-refractivity contribution in [2.45, 2.75) is 77.3 Å². The predicted molar refractivity (Wildman–Crippen MR) is 163 cm³/mol. The summed E-state index contributed by atoms with van der Waals surface area (Å²) in [5.74, 6) is -1.30. The molecule has 0 heterocycles. The fourth-order valence-corrected chi connectivity index (χ4v) is 7.63. The van der Waals surface area contributed by atoms with Crippen molar-refractivity contribution in [2.24, 2.45) is 0 Å². The Hall–Kier alpha value is -3.45. The van der Waals surface area contributed by atoms with E-state index in [2.05, 4.69) is 5.32 Å². The third-order valence-corrected chi connectivity index (χ3v) is 9.00. The summed E-state index contributed by atoms with van der Waals surface area (Å²) in [5.41, 5.74) is 4.46. The lowest BCUT2D eigenvalue weighted by Crippen LogP contribution is -2.42. The zero-order valence-corrected chi connectivity index (χ0v) is 25.9. The quantitative estimate of drug-likeness (QED) is 0.234. The number of rotatable bonds is 10. The van der Waals surface area contributed by atoms with Gasteiger partial charge in [0, 0.05) is 12.3 Å². The molecule has 224 valence electrons. The molecule has 0 unspecified atom stereocenters. The molecule has 3 aromatic carbocycles. The lowest BCUT2D eigenvalue weighted by atomic mass is 9.98. The summed E-state index contributed by atoms with van der Waals surface area (Å²) in [6.45, 7) is 11.0. The number of alkyl carbamates (subject to hydrolysis) is 1. The van der Waals surface area contributed by atoms with Gasteiger partial charge in [-0.05, 0) is 74.9 Å². The van der Waals surface area contributed by atoms with Crippen molar-refractivity contribution in [3.63, 3.8) is 0 Å². The molecule has 4 rings (SSSR count). The standard InChI is InChI=1S/C33H40NO7P/c1-32(2,3)40-42(38,41-33(4,5)6)21-23-17-15-22(16-18-23)19-29(30(35)36)34-31(37)39-20-28-26-13-9-7-11-24(26)25-12-8-10-14-27(25)28/h7-18,28-29H,19-21H2,1-6H3,(H,34,37)(H,35,36)/t29-/m1/s1. The van der Waals surface area contributed by atoms with Crippen LogP contribution < -0.4 is 5.32 Å². The smallest absolute Gasteiger partial charge is 0.407 e. The van der Waals surface area contributed by atoms with Gasteiger partial charge in [-0.15, -0.1) is 0 Å². The number of benzene rings is 3. The monoisotopic (exact) mass is 593 g/mol. The van der Waals surface area contributed by atoms with E-state index in [-0.39, 0.29) is 25.1 Å². The molecule has 1 aliphatic rings. The maximum Gasteiger partial charge on any atom is 0.407 e. The van der Waals surface area contributed by atoms with Gasteiger partial charge < -0.3 is 24.2 Å². The van der Waals surface area contributed by atoms with Crippen LogP contribution in [0.25, 0.3) is 11.1 Å². The van der Waals surface area contributed by atoms with E-state index in [9.17, 15) is 19.3 Å². The average molecular weight is 594 g/mol. The molecular weight excluding hydrogens is 553 g/mol. The molecule has 0 saturated carbocycles. The zero-order valence-electron chi connectivity index (χ0n) is 25.0.